The van der Waals surface area contributed by atoms with Gasteiger partial charge in [0.1, 0.15) is 11.5 Å². The van der Waals surface area contributed by atoms with Gasteiger partial charge >= 0.3 is 0 Å². The number of amides is 2. The van der Waals surface area contributed by atoms with Crippen LogP contribution in [0.3, 0.4) is 0 Å². The molecular weight excluding hydrogens is 309 g/mol. The minimum absolute atomic E-state index is 0.153. The maximum Gasteiger partial charge on any atom is 0.272 e. The van der Waals surface area contributed by atoms with Crippen LogP contribution in [0.4, 0.5) is 15.8 Å². The van der Waals surface area contributed by atoms with Gasteiger partial charge in [0.15, 0.2) is 0 Å². The maximum atomic E-state index is 13.2. The first-order valence-electron chi connectivity index (χ1n) is 7.40. The van der Waals surface area contributed by atoms with Gasteiger partial charge in [0.05, 0.1) is 0 Å². The number of fused-ring (bicyclic) bond motifs is 1. The molecule has 0 saturated heterocycles. The van der Waals surface area contributed by atoms with Crippen molar-refractivity contribution in [1.82, 2.24) is 4.98 Å². The van der Waals surface area contributed by atoms with Crippen LogP contribution in [0.1, 0.15) is 23.0 Å². The van der Waals surface area contributed by atoms with E-state index in [1.807, 2.05) is 6.92 Å². The van der Waals surface area contributed by atoms with Gasteiger partial charge in [0.2, 0.25) is 5.91 Å². The highest BCUT2D eigenvalue weighted by atomic mass is 19.1. The summed E-state index contributed by atoms with van der Waals surface area (Å²) in [6.45, 7) is 3.28. The molecule has 1 heterocycles. The third kappa shape index (κ3) is 3.27. The van der Waals surface area contributed by atoms with E-state index in [1.165, 1.54) is 19.1 Å². The van der Waals surface area contributed by atoms with Crippen molar-refractivity contribution >= 4 is 34.1 Å². The third-order valence-corrected chi connectivity index (χ3v) is 3.62. The summed E-state index contributed by atoms with van der Waals surface area (Å²) < 4.78 is 13.2. The molecule has 0 spiro atoms. The predicted octanol–water partition coefficient (Wildman–Crippen LogP) is 3.83. The molecule has 0 fully saturated rings. The highest BCUT2D eigenvalue weighted by Gasteiger charge is 2.11. The Morgan fingerprint density at radius 1 is 1.04 bits per heavy atom. The molecule has 1 aromatic heterocycles. The number of halogens is 1. The molecule has 3 rings (SSSR count). The van der Waals surface area contributed by atoms with Gasteiger partial charge in [-0.1, -0.05) is 0 Å². The third-order valence-electron chi connectivity index (χ3n) is 3.62. The lowest BCUT2D eigenvalue weighted by molar-refractivity contribution is -0.114. The van der Waals surface area contributed by atoms with Crippen LogP contribution >= 0.6 is 0 Å². The molecular formula is C18H16FN3O2. The van der Waals surface area contributed by atoms with E-state index < -0.39 is 0 Å². The average molecular weight is 325 g/mol. The van der Waals surface area contributed by atoms with Crippen LogP contribution in [0.5, 0.6) is 0 Å². The molecule has 5 nitrogen and oxygen atoms in total. The molecule has 24 heavy (non-hydrogen) atoms. The summed E-state index contributed by atoms with van der Waals surface area (Å²) in [4.78, 5) is 26.4. The highest BCUT2D eigenvalue weighted by molar-refractivity contribution is 6.06. The number of aromatic nitrogens is 1. The molecule has 0 aliphatic carbocycles. The second kappa shape index (κ2) is 6.16. The van der Waals surface area contributed by atoms with Crippen LogP contribution < -0.4 is 10.6 Å². The summed E-state index contributed by atoms with van der Waals surface area (Å²) in [6.07, 6.45) is 0. The van der Waals surface area contributed by atoms with Gasteiger partial charge in [-0.3, -0.25) is 9.59 Å². The Labute approximate surface area is 137 Å². The first kappa shape index (κ1) is 15.7. The van der Waals surface area contributed by atoms with Crippen molar-refractivity contribution in [1.29, 1.82) is 0 Å². The fraction of sp³-hybridized carbons (Fsp3) is 0.111. The quantitative estimate of drug-likeness (QED) is 0.685. The van der Waals surface area contributed by atoms with Crippen molar-refractivity contribution in [2.24, 2.45) is 0 Å². The molecule has 0 bridgehead atoms. The zero-order chi connectivity index (χ0) is 17.3. The SMILES string of the molecule is CC(=O)Nc1ccc(NC(=O)c2cc3cc(F)ccc3[nH]2)cc1C. The van der Waals surface area contributed by atoms with Gasteiger partial charge in [-0.05, 0) is 55.0 Å². The van der Waals surface area contributed by atoms with Crippen LogP contribution in [-0.4, -0.2) is 16.8 Å². The number of hydrogen-bond donors (Lipinski definition) is 3. The lowest BCUT2D eigenvalue weighted by Crippen LogP contribution is -2.13. The van der Waals surface area contributed by atoms with Crippen molar-refractivity contribution in [3.63, 3.8) is 0 Å². The van der Waals surface area contributed by atoms with Crippen LogP contribution in [0.25, 0.3) is 10.9 Å². The van der Waals surface area contributed by atoms with Crippen molar-refractivity contribution in [3.8, 4) is 0 Å². The number of anilines is 2. The maximum absolute atomic E-state index is 13.2. The lowest BCUT2D eigenvalue weighted by Gasteiger charge is -2.09. The monoisotopic (exact) mass is 325 g/mol. The molecule has 3 N–H and O–H groups in total. The number of aromatic amines is 1. The number of carbonyl (C=O) groups excluding carboxylic acids is 2. The van der Waals surface area contributed by atoms with Gasteiger partial charge in [-0.25, -0.2) is 4.39 Å². The Morgan fingerprint density at radius 3 is 2.54 bits per heavy atom. The molecule has 0 aliphatic heterocycles. The molecule has 0 radical (unpaired) electrons. The number of carbonyl (C=O) groups is 2. The number of H-pyrrole nitrogens is 1. The minimum atomic E-state index is -0.349. The Morgan fingerprint density at radius 2 is 1.83 bits per heavy atom. The van der Waals surface area contributed by atoms with Crippen LogP contribution in [-0.2, 0) is 4.79 Å². The van der Waals surface area contributed by atoms with Crippen LogP contribution in [0.2, 0.25) is 0 Å². The minimum Gasteiger partial charge on any atom is -0.351 e. The zero-order valence-electron chi connectivity index (χ0n) is 13.2. The molecule has 2 amide bonds. The number of rotatable bonds is 3. The van der Waals surface area contributed by atoms with Gasteiger partial charge < -0.3 is 15.6 Å². The second-order valence-corrected chi connectivity index (χ2v) is 5.58. The summed E-state index contributed by atoms with van der Waals surface area (Å²) in [5.41, 5.74) is 3.18. The largest absolute Gasteiger partial charge is 0.351 e. The van der Waals surface area contributed by atoms with E-state index in [0.29, 0.717) is 28.0 Å². The molecule has 0 aliphatic rings. The number of benzene rings is 2. The van der Waals surface area contributed by atoms with Gasteiger partial charge in [0.25, 0.3) is 5.91 Å². The van der Waals surface area contributed by atoms with Crippen LogP contribution in [0.15, 0.2) is 42.5 Å². The normalized spacial score (nSPS) is 10.6. The topological polar surface area (TPSA) is 74.0 Å². The van der Waals surface area contributed by atoms with E-state index in [4.69, 9.17) is 0 Å². The Hall–Kier alpha value is -3.15. The molecule has 0 unspecified atom stereocenters. The standard InChI is InChI=1S/C18H16FN3O2/c1-10-7-14(4-6-15(10)20-11(2)23)21-18(24)17-9-12-8-13(19)3-5-16(12)22-17/h3-9,22H,1-2H3,(H,20,23)(H,21,24). The summed E-state index contributed by atoms with van der Waals surface area (Å²) in [6, 6.07) is 11.1. The molecule has 6 heteroatoms. The Bertz CT molecular complexity index is 947. The molecule has 0 saturated carbocycles. The van der Waals surface area contributed by atoms with E-state index in [9.17, 15) is 14.0 Å². The van der Waals surface area contributed by atoms with E-state index >= 15 is 0 Å². The van der Waals surface area contributed by atoms with E-state index in [0.717, 1.165) is 5.56 Å². The predicted molar refractivity (Wildman–Crippen MR) is 91.7 cm³/mol. The summed E-state index contributed by atoms with van der Waals surface area (Å²) in [5.74, 6) is -0.823. The van der Waals surface area contributed by atoms with Gasteiger partial charge in [0, 0.05) is 29.2 Å². The zero-order valence-corrected chi connectivity index (χ0v) is 13.2. The molecule has 0 atom stereocenters. The molecule has 122 valence electrons. The average Bonchev–Trinajstić information content (AvgIpc) is 2.93. The van der Waals surface area contributed by atoms with Crippen molar-refractivity contribution < 1.29 is 14.0 Å². The van der Waals surface area contributed by atoms with Crippen molar-refractivity contribution in [2.75, 3.05) is 10.6 Å². The van der Waals surface area contributed by atoms with E-state index in [1.54, 1.807) is 30.3 Å². The van der Waals surface area contributed by atoms with E-state index in [2.05, 4.69) is 15.6 Å². The lowest BCUT2D eigenvalue weighted by atomic mass is 10.1. The summed E-state index contributed by atoms with van der Waals surface area (Å²) in [7, 11) is 0. The fourth-order valence-corrected chi connectivity index (χ4v) is 2.50. The summed E-state index contributed by atoms with van der Waals surface area (Å²) in [5, 5.41) is 6.13. The van der Waals surface area contributed by atoms with Crippen molar-refractivity contribution in [2.45, 2.75) is 13.8 Å². The number of nitrogens with one attached hydrogen (secondary N) is 3. The smallest absolute Gasteiger partial charge is 0.272 e. The Balaban J connectivity index is 1.80. The fourth-order valence-electron chi connectivity index (χ4n) is 2.50. The molecule has 2 aromatic carbocycles. The number of hydrogen-bond acceptors (Lipinski definition) is 2. The van der Waals surface area contributed by atoms with Gasteiger partial charge in [-0.15, -0.1) is 0 Å². The second-order valence-electron chi connectivity index (χ2n) is 5.58. The first-order chi connectivity index (χ1) is 11.4. The van der Waals surface area contributed by atoms with Crippen LogP contribution in [0, 0.1) is 12.7 Å². The Kier molecular flexibility index (Phi) is 4.04. The van der Waals surface area contributed by atoms with E-state index in [-0.39, 0.29) is 17.6 Å². The highest BCUT2D eigenvalue weighted by Crippen LogP contribution is 2.21. The first-order valence-corrected chi connectivity index (χ1v) is 7.40. The number of aryl methyl sites for hydroxylation is 1. The van der Waals surface area contributed by atoms with Crippen molar-refractivity contribution in [3.05, 3.63) is 59.5 Å². The van der Waals surface area contributed by atoms with Gasteiger partial charge in [-0.2, -0.15) is 0 Å². The molecule has 3 aromatic rings. The summed E-state index contributed by atoms with van der Waals surface area (Å²) >= 11 is 0.